The van der Waals surface area contributed by atoms with Gasteiger partial charge in [0.2, 0.25) is 0 Å². The van der Waals surface area contributed by atoms with Crippen LogP contribution in [0.2, 0.25) is 0 Å². The molecule has 3 heterocycles. The summed E-state index contributed by atoms with van der Waals surface area (Å²) in [5, 5.41) is 14.8. The summed E-state index contributed by atoms with van der Waals surface area (Å²) >= 11 is 0. The Bertz CT molecular complexity index is 1500. The molecule has 2 aromatic carbocycles. The van der Waals surface area contributed by atoms with Crippen molar-refractivity contribution in [2.45, 2.75) is 25.9 Å². The third-order valence-electron chi connectivity index (χ3n) is 6.64. The zero-order chi connectivity index (χ0) is 26.4. The number of halogens is 2. The summed E-state index contributed by atoms with van der Waals surface area (Å²) in [6, 6.07) is 7.88. The van der Waals surface area contributed by atoms with Crippen LogP contribution in [0.25, 0.3) is 33.1 Å². The number of rotatable bonds is 5. The Hall–Kier alpha value is -3.99. The average Bonchev–Trinajstić information content (AvgIpc) is 3.23. The molecule has 1 fully saturated rings. The van der Waals surface area contributed by atoms with E-state index < -0.39 is 17.7 Å². The molecule has 1 saturated heterocycles. The zero-order valence-corrected chi connectivity index (χ0v) is 20.9. The van der Waals surface area contributed by atoms with Crippen molar-refractivity contribution in [3.05, 3.63) is 48.2 Å². The van der Waals surface area contributed by atoms with E-state index in [9.17, 15) is 9.90 Å². The second-order valence-electron chi connectivity index (χ2n) is 9.35. The summed E-state index contributed by atoms with van der Waals surface area (Å²) in [5.41, 5.74) is 1.63. The Balaban J connectivity index is 1.55. The third kappa shape index (κ3) is 4.39. The van der Waals surface area contributed by atoms with Crippen molar-refractivity contribution in [2.24, 2.45) is 7.05 Å². The van der Waals surface area contributed by atoms with Gasteiger partial charge in [-0.25, -0.2) is 18.6 Å². The molecule has 2 aromatic heterocycles. The lowest BCUT2D eigenvalue weighted by molar-refractivity contribution is 0.0489. The first-order valence-electron chi connectivity index (χ1n) is 11.8. The standard InChI is InChI=1S/C26H27F2N5O4/c1-14-10-32(11-15(2)33(14)26(34)35)18-7-16-5-6-21(29-23(16)20(27)9-18)19-8-17-12-31(3)30-24(17)22(28)25(19)37-13-36-4/h5-9,12,14-15H,10-11,13H2,1-4H3,(H,34,35)/t14-,15+. The van der Waals surface area contributed by atoms with Crippen LogP contribution in [-0.2, 0) is 11.8 Å². The van der Waals surface area contributed by atoms with E-state index >= 15 is 8.78 Å². The fourth-order valence-corrected chi connectivity index (χ4v) is 5.10. The molecule has 1 aliphatic heterocycles. The smallest absolute Gasteiger partial charge is 0.407 e. The highest BCUT2D eigenvalue weighted by Crippen LogP contribution is 2.38. The first kappa shape index (κ1) is 24.7. The lowest BCUT2D eigenvalue weighted by Gasteiger charge is -2.44. The molecule has 5 rings (SSSR count). The van der Waals surface area contributed by atoms with Crippen LogP contribution in [0.4, 0.5) is 19.3 Å². The van der Waals surface area contributed by atoms with Crippen LogP contribution < -0.4 is 9.64 Å². The fraction of sp³-hybridized carbons (Fsp3) is 0.346. The van der Waals surface area contributed by atoms with Crippen LogP contribution in [0.5, 0.6) is 5.75 Å². The number of fused-ring (bicyclic) bond motifs is 2. The number of carboxylic acid groups (broad SMARTS) is 1. The number of ether oxygens (including phenoxy) is 2. The van der Waals surface area contributed by atoms with E-state index in [1.54, 1.807) is 31.4 Å². The van der Waals surface area contributed by atoms with Crippen LogP contribution in [0.15, 0.2) is 36.5 Å². The van der Waals surface area contributed by atoms with Crippen molar-refractivity contribution < 1.29 is 28.2 Å². The zero-order valence-electron chi connectivity index (χ0n) is 20.9. The van der Waals surface area contributed by atoms with Crippen LogP contribution in [0.1, 0.15) is 13.8 Å². The van der Waals surface area contributed by atoms with E-state index in [1.807, 2.05) is 24.8 Å². The number of anilines is 1. The highest BCUT2D eigenvalue weighted by atomic mass is 19.1. The van der Waals surface area contributed by atoms with Crippen LogP contribution in [0, 0.1) is 11.6 Å². The van der Waals surface area contributed by atoms with Gasteiger partial charge < -0.3 is 19.5 Å². The fourth-order valence-electron chi connectivity index (χ4n) is 5.10. The summed E-state index contributed by atoms with van der Waals surface area (Å²) < 4.78 is 42.8. The van der Waals surface area contributed by atoms with E-state index in [1.165, 1.54) is 22.8 Å². The Morgan fingerprint density at radius 2 is 1.84 bits per heavy atom. The van der Waals surface area contributed by atoms with Gasteiger partial charge in [-0.05, 0) is 38.1 Å². The van der Waals surface area contributed by atoms with Crippen molar-refractivity contribution in [2.75, 3.05) is 31.9 Å². The lowest BCUT2D eigenvalue weighted by Crippen LogP contribution is -2.58. The van der Waals surface area contributed by atoms with Crippen LogP contribution >= 0.6 is 0 Å². The van der Waals surface area contributed by atoms with Gasteiger partial charge in [0, 0.05) is 55.5 Å². The Kier molecular flexibility index (Phi) is 6.32. The number of piperazine rings is 1. The largest absolute Gasteiger partial charge is 0.465 e. The monoisotopic (exact) mass is 511 g/mol. The van der Waals surface area contributed by atoms with Gasteiger partial charge in [0.05, 0.1) is 17.8 Å². The molecule has 0 bridgehead atoms. The van der Waals surface area contributed by atoms with Gasteiger partial charge in [-0.2, -0.15) is 5.10 Å². The number of nitrogens with zero attached hydrogens (tertiary/aromatic N) is 5. The minimum atomic E-state index is -0.962. The Morgan fingerprint density at radius 3 is 2.51 bits per heavy atom. The molecule has 4 aromatic rings. The number of aromatic nitrogens is 3. The van der Waals surface area contributed by atoms with Crippen molar-refractivity contribution in [1.29, 1.82) is 0 Å². The maximum absolute atomic E-state index is 15.4. The first-order valence-corrected chi connectivity index (χ1v) is 11.8. The highest BCUT2D eigenvalue weighted by Gasteiger charge is 2.33. The second-order valence-corrected chi connectivity index (χ2v) is 9.35. The van der Waals surface area contributed by atoms with E-state index in [-0.39, 0.29) is 35.7 Å². The molecular formula is C26H27F2N5O4. The van der Waals surface area contributed by atoms with E-state index in [4.69, 9.17) is 9.47 Å². The average molecular weight is 512 g/mol. The molecule has 2 atom stereocenters. The van der Waals surface area contributed by atoms with E-state index in [0.717, 1.165) is 0 Å². The number of methoxy groups -OCH3 is 1. The Labute approximate surface area is 211 Å². The molecule has 11 heteroatoms. The summed E-state index contributed by atoms with van der Waals surface area (Å²) in [6.45, 7) is 4.38. The molecule has 9 nitrogen and oxygen atoms in total. The predicted molar refractivity (Wildman–Crippen MR) is 135 cm³/mol. The number of pyridine rings is 1. The number of amides is 1. The molecule has 37 heavy (non-hydrogen) atoms. The number of benzene rings is 2. The quantitative estimate of drug-likeness (QED) is 0.391. The van der Waals surface area contributed by atoms with Gasteiger partial charge in [0.15, 0.2) is 24.2 Å². The first-order chi connectivity index (χ1) is 17.7. The summed E-state index contributed by atoms with van der Waals surface area (Å²) in [4.78, 5) is 19.5. The molecule has 1 N–H and O–H groups in total. The number of hydrogen-bond donors (Lipinski definition) is 1. The third-order valence-corrected chi connectivity index (χ3v) is 6.64. The summed E-state index contributed by atoms with van der Waals surface area (Å²) in [5.74, 6) is -1.25. The maximum Gasteiger partial charge on any atom is 0.407 e. The van der Waals surface area contributed by atoms with Crippen LogP contribution in [0.3, 0.4) is 0 Å². The van der Waals surface area contributed by atoms with Crippen molar-refractivity contribution in [3.63, 3.8) is 0 Å². The molecule has 0 aliphatic carbocycles. The molecule has 194 valence electrons. The summed E-state index contributed by atoms with van der Waals surface area (Å²) in [7, 11) is 3.13. The molecule has 0 radical (unpaired) electrons. The van der Waals surface area contributed by atoms with Gasteiger partial charge in [-0.1, -0.05) is 6.07 Å². The minimum Gasteiger partial charge on any atom is -0.465 e. The molecule has 1 amide bonds. The lowest BCUT2D eigenvalue weighted by atomic mass is 10.0. The molecule has 0 spiro atoms. The van der Waals surface area contributed by atoms with Gasteiger partial charge in [0.1, 0.15) is 11.0 Å². The highest BCUT2D eigenvalue weighted by molar-refractivity contribution is 5.91. The van der Waals surface area contributed by atoms with Crippen LogP contribution in [-0.4, -0.2) is 69.9 Å². The molecule has 0 unspecified atom stereocenters. The molecule has 1 aliphatic rings. The van der Waals surface area contributed by atoms with Crippen molar-refractivity contribution in [3.8, 4) is 17.0 Å². The second kappa shape index (κ2) is 9.47. The van der Waals surface area contributed by atoms with Crippen molar-refractivity contribution >= 4 is 33.6 Å². The van der Waals surface area contributed by atoms with E-state index in [2.05, 4.69) is 10.1 Å². The summed E-state index contributed by atoms with van der Waals surface area (Å²) in [6.07, 6.45) is 0.720. The van der Waals surface area contributed by atoms with Gasteiger partial charge >= 0.3 is 6.09 Å². The molecule has 0 saturated carbocycles. The Morgan fingerprint density at radius 1 is 1.11 bits per heavy atom. The van der Waals surface area contributed by atoms with Gasteiger partial charge in [0.25, 0.3) is 0 Å². The van der Waals surface area contributed by atoms with Gasteiger partial charge in [-0.15, -0.1) is 0 Å². The topological polar surface area (TPSA) is 93.0 Å². The molecular weight excluding hydrogens is 484 g/mol. The minimum absolute atomic E-state index is 0.0730. The van der Waals surface area contributed by atoms with E-state index in [0.29, 0.717) is 40.8 Å². The van der Waals surface area contributed by atoms with Gasteiger partial charge in [-0.3, -0.25) is 9.58 Å². The normalized spacial score (nSPS) is 18.1. The number of hydrogen-bond acceptors (Lipinski definition) is 6. The SMILES string of the molecule is COCOc1c(-c2ccc3cc(N4C[C@@H](C)N(C(=O)O)[C@@H](C)C4)cc(F)c3n2)cc2cn(C)nc2c1F. The maximum atomic E-state index is 15.4. The van der Waals surface area contributed by atoms with Crippen molar-refractivity contribution in [1.82, 2.24) is 19.7 Å². The number of aryl methyl sites for hydroxylation is 1. The predicted octanol–water partition coefficient (Wildman–Crippen LogP) is 4.63. The number of carbonyl (C=O) groups is 1.